The monoisotopic (exact) mass is 554 g/mol. The molecule has 1 heterocycles. The van der Waals surface area contributed by atoms with Gasteiger partial charge in [0.05, 0.1) is 6.04 Å². The van der Waals surface area contributed by atoms with Gasteiger partial charge >= 0.3 is 0 Å². The Kier molecular flexibility index (Phi) is 10.5. The van der Waals surface area contributed by atoms with Gasteiger partial charge in [0.15, 0.2) is 5.96 Å². The number of nitrogens with two attached hydrogens (primary N) is 2. The SMILES string of the molecule is Cc1ccc(C(=O)NCC2CCN(CC(c3ccccc3)c3ccccc3)C(=O)C(CCCN=C(N)N)N2)cc1C. The van der Waals surface area contributed by atoms with E-state index in [9.17, 15) is 9.59 Å². The van der Waals surface area contributed by atoms with Crippen LogP contribution in [0.4, 0.5) is 0 Å². The molecule has 0 aromatic heterocycles. The van der Waals surface area contributed by atoms with Crippen molar-refractivity contribution in [1.82, 2.24) is 15.5 Å². The first-order valence-electron chi connectivity index (χ1n) is 14.4. The molecule has 3 aromatic carbocycles. The van der Waals surface area contributed by atoms with E-state index >= 15 is 0 Å². The highest BCUT2D eigenvalue weighted by Crippen LogP contribution is 2.27. The summed E-state index contributed by atoms with van der Waals surface area (Å²) in [6.45, 7) is 6.08. The van der Waals surface area contributed by atoms with Crippen molar-refractivity contribution in [2.75, 3.05) is 26.2 Å². The fourth-order valence-corrected chi connectivity index (χ4v) is 5.33. The molecule has 1 aliphatic rings. The second-order valence-corrected chi connectivity index (χ2v) is 10.8. The van der Waals surface area contributed by atoms with Crippen molar-refractivity contribution in [3.63, 3.8) is 0 Å². The first kappa shape index (κ1) is 29.8. The summed E-state index contributed by atoms with van der Waals surface area (Å²) in [7, 11) is 0. The summed E-state index contributed by atoms with van der Waals surface area (Å²) < 4.78 is 0. The lowest BCUT2D eigenvalue weighted by molar-refractivity contribution is -0.133. The van der Waals surface area contributed by atoms with Gasteiger partial charge in [0.1, 0.15) is 0 Å². The van der Waals surface area contributed by atoms with Crippen LogP contribution < -0.4 is 22.1 Å². The Bertz CT molecular complexity index is 1280. The van der Waals surface area contributed by atoms with E-state index in [0.717, 1.165) is 17.5 Å². The standard InChI is InChI=1S/C33H42N6O2/c1-23-15-16-27(20-24(23)2)31(40)37-21-28-17-19-39(32(41)30(38-28)14-9-18-36-33(34)35)22-29(25-10-5-3-6-11-25)26-12-7-4-8-13-26/h3-8,10-13,15-16,20,28-30,38H,9,14,17-19,21-22H2,1-2H3,(H,37,40)(H4,34,35,36). The van der Waals surface area contributed by atoms with Crippen LogP contribution in [-0.4, -0.2) is 60.9 Å². The molecular formula is C33H42N6O2. The fraction of sp³-hybridized carbons (Fsp3) is 0.364. The average molecular weight is 555 g/mol. The number of hydrogen-bond donors (Lipinski definition) is 4. The van der Waals surface area contributed by atoms with E-state index in [0.29, 0.717) is 44.6 Å². The number of aliphatic imine (C=N–C) groups is 1. The van der Waals surface area contributed by atoms with Gasteiger partial charge in [-0.25, -0.2) is 0 Å². The zero-order valence-corrected chi connectivity index (χ0v) is 24.1. The third-order valence-corrected chi connectivity index (χ3v) is 7.82. The van der Waals surface area contributed by atoms with E-state index in [1.807, 2.05) is 73.3 Å². The van der Waals surface area contributed by atoms with Crippen LogP contribution in [0, 0.1) is 13.8 Å². The largest absolute Gasteiger partial charge is 0.370 e. The fourth-order valence-electron chi connectivity index (χ4n) is 5.33. The Labute approximate surface area is 243 Å². The summed E-state index contributed by atoms with van der Waals surface area (Å²) >= 11 is 0. The lowest BCUT2D eigenvalue weighted by Crippen LogP contribution is -2.49. The van der Waals surface area contributed by atoms with Crippen molar-refractivity contribution in [1.29, 1.82) is 0 Å². The van der Waals surface area contributed by atoms with Crippen molar-refractivity contribution in [3.8, 4) is 0 Å². The zero-order valence-electron chi connectivity index (χ0n) is 24.1. The summed E-state index contributed by atoms with van der Waals surface area (Å²) in [6.07, 6.45) is 1.98. The quantitative estimate of drug-likeness (QED) is 0.164. The number of amides is 2. The maximum Gasteiger partial charge on any atom is 0.251 e. The van der Waals surface area contributed by atoms with E-state index in [2.05, 4.69) is 39.9 Å². The van der Waals surface area contributed by atoms with Gasteiger partial charge in [-0.2, -0.15) is 0 Å². The van der Waals surface area contributed by atoms with Crippen LogP contribution in [-0.2, 0) is 4.79 Å². The third kappa shape index (κ3) is 8.41. The first-order valence-corrected chi connectivity index (χ1v) is 14.4. The molecule has 0 saturated carbocycles. The Balaban J connectivity index is 1.50. The molecule has 6 N–H and O–H groups in total. The second-order valence-electron chi connectivity index (χ2n) is 10.8. The maximum atomic E-state index is 13.9. The van der Waals surface area contributed by atoms with Crippen LogP contribution in [0.25, 0.3) is 0 Å². The van der Waals surface area contributed by atoms with Gasteiger partial charge in [-0.15, -0.1) is 0 Å². The number of guanidine groups is 1. The molecule has 2 amide bonds. The van der Waals surface area contributed by atoms with Crippen LogP contribution in [0.3, 0.4) is 0 Å². The predicted octanol–water partition coefficient (Wildman–Crippen LogP) is 3.48. The number of hydrogen-bond acceptors (Lipinski definition) is 4. The van der Waals surface area contributed by atoms with Crippen LogP contribution in [0.2, 0.25) is 0 Å². The summed E-state index contributed by atoms with van der Waals surface area (Å²) in [5.74, 6) is 0.0475. The van der Waals surface area contributed by atoms with Crippen LogP contribution in [0.1, 0.15) is 57.8 Å². The summed E-state index contributed by atoms with van der Waals surface area (Å²) in [5, 5.41) is 6.63. The van der Waals surface area contributed by atoms with Gasteiger partial charge in [0.2, 0.25) is 5.91 Å². The van der Waals surface area contributed by atoms with Gasteiger partial charge in [-0.3, -0.25) is 14.6 Å². The first-order chi connectivity index (χ1) is 19.8. The molecule has 1 aliphatic heterocycles. The van der Waals surface area contributed by atoms with Crippen LogP contribution in [0.5, 0.6) is 0 Å². The van der Waals surface area contributed by atoms with Gasteiger partial charge in [-0.1, -0.05) is 66.7 Å². The molecule has 2 unspecified atom stereocenters. The molecule has 0 spiro atoms. The zero-order chi connectivity index (χ0) is 29.2. The maximum absolute atomic E-state index is 13.9. The molecule has 2 atom stereocenters. The van der Waals surface area contributed by atoms with Crippen molar-refractivity contribution in [3.05, 3.63) is 107 Å². The normalized spacial score (nSPS) is 17.2. The summed E-state index contributed by atoms with van der Waals surface area (Å²) in [5.41, 5.74) is 16.2. The van der Waals surface area contributed by atoms with Crippen LogP contribution in [0.15, 0.2) is 83.9 Å². The molecule has 3 aromatic rings. The van der Waals surface area contributed by atoms with Crippen molar-refractivity contribution in [2.45, 2.75) is 51.1 Å². The minimum absolute atomic E-state index is 0.0460. The van der Waals surface area contributed by atoms with Crippen molar-refractivity contribution >= 4 is 17.8 Å². The highest BCUT2D eigenvalue weighted by molar-refractivity contribution is 5.94. The average Bonchev–Trinajstić information content (AvgIpc) is 3.13. The number of rotatable bonds is 11. The predicted molar refractivity (Wildman–Crippen MR) is 165 cm³/mol. The van der Waals surface area contributed by atoms with Gasteiger partial charge < -0.3 is 27.0 Å². The number of nitrogens with one attached hydrogen (secondary N) is 2. The molecule has 8 heteroatoms. The lowest BCUT2D eigenvalue weighted by atomic mass is 9.90. The Morgan fingerprint density at radius 1 is 1.00 bits per heavy atom. The van der Waals surface area contributed by atoms with E-state index < -0.39 is 6.04 Å². The van der Waals surface area contributed by atoms with Gasteiger partial charge in [0.25, 0.3) is 5.91 Å². The number of nitrogens with zero attached hydrogens (tertiary/aromatic N) is 2. The van der Waals surface area contributed by atoms with Gasteiger partial charge in [0, 0.05) is 43.7 Å². The molecule has 1 fully saturated rings. The lowest BCUT2D eigenvalue weighted by Gasteiger charge is -2.29. The minimum atomic E-state index is -0.401. The Hall–Kier alpha value is -4.17. The third-order valence-electron chi connectivity index (χ3n) is 7.82. The van der Waals surface area contributed by atoms with E-state index in [4.69, 9.17) is 11.5 Å². The topological polar surface area (TPSA) is 126 Å². The molecular weight excluding hydrogens is 512 g/mol. The molecule has 0 radical (unpaired) electrons. The Morgan fingerprint density at radius 2 is 1.66 bits per heavy atom. The van der Waals surface area contributed by atoms with Gasteiger partial charge in [-0.05, 0) is 67.5 Å². The summed E-state index contributed by atoms with van der Waals surface area (Å²) in [6, 6.07) is 25.9. The number of benzene rings is 3. The molecule has 4 rings (SSSR count). The number of carbonyl (C=O) groups excluding carboxylic acids is 2. The Morgan fingerprint density at radius 3 is 2.27 bits per heavy atom. The highest BCUT2D eigenvalue weighted by Gasteiger charge is 2.32. The van der Waals surface area contributed by atoms with Crippen LogP contribution >= 0.6 is 0 Å². The second kappa shape index (κ2) is 14.5. The molecule has 0 bridgehead atoms. The van der Waals surface area contributed by atoms with Crippen molar-refractivity contribution in [2.24, 2.45) is 16.5 Å². The minimum Gasteiger partial charge on any atom is -0.370 e. The van der Waals surface area contributed by atoms with E-state index in [1.54, 1.807) is 0 Å². The highest BCUT2D eigenvalue weighted by atomic mass is 16.2. The summed E-state index contributed by atoms with van der Waals surface area (Å²) in [4.78, 5) is 32.9. The molecule has 8 nitrogen and oxygen atoms in total. The molecule has 0 aliphatic carbocycles. The van der Waals surface area contributed by atoms with Crippen molar-refractivity contribution < 1.29 is 9.59 Å². The number of carbonyl (C=O) groups is 2. The molecule has 216 valence electrons. The number of aryl methyl sites for hydroxylation is 2. The smallest absolute Gasteiger partial charge is 0.251 e. The molecule has 41 heavy (non-hydrogen) atoms. The molecule has 1 saturated heterocycles. The van der Waals surface area contributed by atoms with E-state index in [1.165, 1.54) is 11.1 Å². The van der Waals surface area contributed by atoms with E-state index in [-0.39, 0.29) is 29.7 Å².